The molecule has 0 amide bonds. The lowest BCUT2D eigenvalue weighted by Crippen LogP contribution is -2.37. The van der Waals surface area contributed by atoms with Gasteiger partial charge in [-0.2, -0.15) is 9.98 Å². The second-order valence-corrected chi connectivity index (χ2v) is 4.53. The van der Waals surface area contributed by atoms with Crippen LogP contribution >= 0.6 is 0 Å². The van der Waals surface area contributed by atoms with Crippen molar-refractivity contribution in [3.63, 3.8) is 0 Å². The fraction of sp³-hybridized carbons (Fsp3) is 0.250. The van der Waals surface area contributed by atoms with Gasteiger partial charge in [0, 0.05) is 20.6 Å². The van der Waals surface area contributed by atoms with E-state index in [1.54, 1.807) is 18.2 Å². The van der Waals surface area contributed by atoms with Gasteiger partial charge >= 0.3 is 0 Å². The molecular formula is C16H14N2O4. The van der Waals surface area contributed by atoms with Gasteiger partial charge in [0.05, 0.1) is 5.69 Å². The summed E-state index contributed by atoms with van der Waals surface area (Å²) in [6.45, 7) is 0. The van der Waals surface area contributed by atoms with Gasteiger partial charge in [-0.25, -0.2) is 9.59 Å². The minimum atomic E-state index is -1.12. The second-order valence-electron chi connectivity index (χ2n) is 4.53. The molecule has 22 heavy (non-hydrogen) atoms. The highest BCUT2D eigenvalue weighted by atomic mass is 16.7. The van der Waals surface area contributed by atoms with E-state index in [4.69, 9.17) is 9.47 Å². The molecule has 1 aromatic rings. The average Bonchev–Trinajstić information content (AvgIpc) is 2.57. The van der Waals surface area contributed by atoms with Crippen molar-refractivity contribution in [2.75, 3.05) is 14.2 Å². The number of hydrogen-bond donors (Lipinski definition) is 0. The molecule has 0 spiro atoms. The Kier molecular flexibility index (Phi) is 4.94. The number of methoxy groups -OCH3 is 2. The summed E-state index contributed by atoms with van der Waals surface area (Å²) in [4.78, 5) is 28.0. The summed E-state index contributed by atoms with van der Waals surface area (Å²) in [6, 6.07) is 7.09. The van der Waals surface area contributed by atoms with E-state index in [-0.39, 0.29) is 0 Å². The maximum Gasteiger partial charge on any atom is 0.240 e. The Balaban J connectivity index is 2.40. The highest BCUT2D eigenvalue weighted by molar-refractivity contribution is 5.71. The van der Waals surface area contributed by atoms with Crippen LogP contribution in [-0.2, 0) is 19.1 Å². The van der Waals surface area contributed by atoms with E-state index < -0.39 is 5.79 Å². The Labute approximate surface area is 127 Å². The maximum absolute atomic E-state index is 10.5. The lowest BCUT2D eigenvalue weighted by atomic mass is 9.91. The van der Waals surface area contributed by atoms with Gasteiger partial charge in [-0.1, -0.05) is 18.2 Å². The Bertz CT molecular complexity index is 702. The average molecular weight is 298 g/mol. The molecule has 0 saturated carbocycles. The monoisotopic (exact) mass is 298 g/mol. The first-order chi connectivity index (χ1) is 10.7. The van der Waals surface area contributed by atoms with Gasteiger partial charge in [-0.15, -0.1) is 0 Å². The quantitative estimate of drug-likeness (QED) is 0.475. The number of carbonyl (C=O) groups excluding carboxylic acids is 2. The topological polar surface area (TPSA) is 77.3 Å². The first-order valence-electron chi connectivity index (χ1n) is 6.47. The van der Waals surface area contributed by atoms with Crippen LogP contribution in [0.5, 0.6) is 0 Å². The molecule has 0 aromatic heterocycles. The highest BCUT2D eigenvalue weighted by Crippen LogP contribution is 2.38. The van der Waals surface area contributed by atoms with E-state index in [9.17, 15) is 9.59 Å². The van der Waals surface area contributed by atoms with Crippen LogP contribution in [0.25, 0.3) is 5.57 Å². The Morgan fingerprint density at radius 3 is 2.18 bits per heavy atom. The van der Waals surface area contributed by atoms with Crippen LogP contribution in [0.4, 0.5) is 5.69 Å². The van der Waals surface area contributed by atoms with Gasteiger partial charge in [-0.05, 0) is 29.3 Å². The summed E-state index contributed by atoms with van der Waals surface area (Å²) in [5.74, 6) is -1.12. The molecule has 6 heteroatoms. The number of ether oxygens (including phenoxy) is 2. The Morgan fingerprint density at radius 1 is 1.00 bits per heavy atom. The van der Waals surface area contributed by atoms with E-state index >= 15 is 0 Å². The fourth-order valence-electron chi connectivity index (χ4n) is 2.32. The van der Waals surface area contributed by atoms with Crippen LogP contribution in [0.15, 0.2) is 52.1 Å². The lowest BCUT2D eigenvalue weighted by Gasteiger charge is -2.33. The SMILES string of the molecule is COC1(OC)CC(c2ccc(N=C=O)cc2)=CC=C1N=C=O. The summed E-state index contributed by atoms with van der Waals surface area (Å²) in [7, 11) is 2.98. The van der Waals surface area contributed by atoms with Gasteiger partial charge < -0.3 is 9.47 Å². The zero-order chi connectivity index (χ0) is 16.0. The van der Waals surface area contributed by atoms with Crippen molar-refractivity contribution >= 4 is 23.4 Å². The number of isocyanates is 2. The molecule has 0 aliphatic heterocycles. The number of nitrogens with zero attached hydrogens (tertiary/aromatic N) is 2. The molecule has 1 aromatic carbocycles. The van der Waals surface area contributed by atoms with Crippen molar-refractivity contribution in [2.24, 2.45) is 9.98 Å². The molecule has 0 radical (unpaired) electrons. The molecule has 2 rings (SSSR count). The van der Waals surface area contributed by atoms with E-state index in [0.717, 1.165) is 11.1 Å². The third kappa shape index (κ3) is 3.01. The molecule has 0 unspecified atom stereocenters. The standard InChI is InChI=1S/C16H14N2O4/c1-21-16(22-2)9-13(5-8-15(16)18-11-20)12-3-6-14(7-4-12)17-10-19/h3-8H,9H2,1-2H3. The summed E-state index contributed by atoms with van der Waals surface area (Å²) in [5.41, 5.74) is 2.75. The fourth-order valence-corrected chi connectivity index (χ4v) is 2.32. The van der Waals surface area contributed by atoms with Crippen LogP contribution < -0.4 is 0 Å². The molecule has 1 aliphatic rings. The first kappa shape index (κ1) is 15.8. The summed E-state index contributed by atoms with van der Waals surface area (Å²) < 4.78 is 10.9. The molecule has 112 valence electrons. The van der Waals surface area contributed by atoms with E-state index in [0.29, 0.717) is 17.8 Å². The van der Waals surface area contributed by atoms with Crippen molar-refractivity contribution in [3.8, 4) is 0 Å². The van der Waals surface area contributed by atoms with Gasteiger partial charge in [0.15, 0.2) is 0 Å². The highest BCUT2D eigenvalue weighted by Gasteiger charge is 2.38. The smallest absolute Gasteiger partial charge is 0.240 e. The molecule has 0 fully saturated rings. The number of hydrogen-bond acceptors (Lipinski definition) is 6. The molecule has 0 atom stereocenters. The summed E-state index contributed by atoms with van der Waals surface area (Å²) >= 11 is 0. The third-order valence-electron chi connectivity index (χ3n) is 3.49. The third-order valence-corrected chi connectivity index (χ3v) is 3.49. The molecule has 1 aliphatic carbocycles. The summed E-state index contributed by atoms with van der Waals surface area (Å²) in [6.07, 6.45) is 6.88. The van der Waals surface area contributed by atoms with Crippen LogP contribution in [0, 0.1) is 0 Å². The lowest BCUT2D eigenvalue weighted by molar-refractivity contribution is -0.175. The van der Waals surface area contributed by atoms with Crippen molar-refractivity contribution in [3.05, 3.63) is 47.7 Å². The number of allylic oxidation sites excluding steroid dienone is 2. The zero-order valence-corrected chi connectivity index (χ0v) is 12.2. The van der Waals surface area contributed by atoms with Crippen LogP contribution in [0.3, 0.4) is 0 Å². The normalized spacial score (nSPS) is 15.9. The van der Waals surface area contributed by atoms with Gasteiger partial charge in [0.1, 0.15) is 5.70 Å². The predicted molar refractivity (Wildman–Crippen MR) is 79.8 cm³/mol. The van der Waals surface area contributed by atoms with Crippen LogP contribution in [-0.4, -0.2) is 32.2 Å². The molecule has 0 heterocycles. The van der Waals surface area contributed by atoms with E-state index in [1.807, 2.05) is 18.2 Å². The van der Waals surface area contributed by atoms with Gasteiger partial charge in [0.2, 0.25) is 17.9 Å². The zero-order valence-electron chi connectivity index (χ0n) is 12.2. The van der Waals surface area contributed by atoms with Crippen molar-refractivity contribution in [1.82, 2.24) is 0 Å². The minimum Gasteiger partial charge on any atom is -0.348 e. The van der Waals surface area contributed by atoms with Crippen molar-refractivity contribution in [2.45, 2.75) is 12.2 Å². The molecule has 0 bridgehead atoms. The molecule has 0 N–H and O–H groups in total. The predicted octanol–water partition coefficient (Wildman–Crippen LogP) is 2.65. The van der Waals surface area contributed by atoms with Gasteiger partial charge in [0.25, 0.3) is 0 Å². The number of rotatable bonds is 5. The molecular weight excluding hydrogens is 284 g/mol. The minimum absolute atomic E-state index is 0.360. The molecule has 0 saturated heterocycles. The van der Waals surface area contributed by atoms with Crippen LogP contribution in [0.2, 0.25) is 0 Å². The largest absolute Gasteiger partial charge is 0.348 e. The van der Waals surface area contributed by atoms with E-state index in [2.05, 4.69) is 9.98 Å². The Morgan fingerprint density at radius 2 is 1.64 bits per heavy atom. The maximum atomic E-state index is 10.5. The number of aliphatic imine (C=N–C) groups is 2. The van der Waals surface area contributed by atoms with E-state index in [1.165, 1.54) is 26.4 Å². The first-order valence-corrected chi connectivity index (χ1v) is 6.47. The van der Waals surface area contributed by atoms with Crippen LogP contribution in [0.1, 0.15) is 12.0 Å². The molecule has 6 nitrogen and oxygen atoms in total. The second kappa shape index (κ2) is 6.89. The van der Waals surface area contributed by atoms with Gasteiger partial charge in [-0.3, -0.25) is 0 Å². The van der Waals surface area contributed by atoms with Crippen molar-refractivity contribution in [1.29, 1.82) is 0 Å². The Hall–Kier alpha value is -2.62. The summed E-state index contributed by atoms with van der Waals surface area (Å²) in [5, 5.41) is 0. The number of benzene rings is 1. The van der Waals surface area contributed by atoms with Crippen molar-refractivity contribution < 1.29 is 19.1 Å².